The minimum absolute atomic E-state index is 0.00686. The lowest BCUT2D eigenvalue weighted by Crippen LogP contribution is -2.33. The van der Waals surface area contributed by atoms with Crippen LogP contribution in [0.3, 0.4) is 0 Å². The maximum Gasteiger partial charge on any atom is 0.259 e. The first-order valence-corrected chi connectivity index (χ1v) is 7.78. The zero-order valence-corrected chi connectivity index (χ0v) is 12.9. The minimum Gasteiger partial charge on any atom is -0.396 e. The summed E-state index contributed by atoms with van der Waals surface area (Å²) in [5, 5.41) is 16.5. The van der Waals surface area contributed by atoms with E-state index in [4.69, 9.17) is 9.63 Å². The Kier molecular flexibility index (Phi) is 4.11. The molecule has 2 aromatic rings. The quantitative estimate of drug-likeness (QED) is 0.855. The number of rotatable bonds is 6. The van der Waals surface area contributed by atoms with E-state index in [-0.39, 0.29) is 18.6 Å². The average Bonchev–Trinajstić information content (AvgIpc) is 3.29. The molecular formula is C16H21N3O3. The summed E-state index contributed by atoms with van der Waals surface area (Å²) in [6.07, 6.45) is 3.64. The molecule has 1 aliphatic carbocycles. The first-order valence-electron chi connectivity index (χ1n) is 7.78. The number of hydrogen-bond acceptors (Lipinski definition) is 5. The van der Waals surface area contributed by atoms with Crippen molar-refractivity contribution in [3.63, 3.8) is 0 Å². The Bertz CT molecular complexity index is 691. The second-order valence-electron chi connectivity index (χ2n) is 6.06. The number of amides is 1. The zero-order valence-electron chi connectivity index (χ0n) is 12.9. The topological polar surface area (TPSA) is 88.2 Å². The number of aliphatic hydroxyl groups is 1. The standard InChI is InChI=1S/C16H21N3O3/c1-9(4-3-7-20)17-15(21)12-8-13(11-5-6-11)18-16-14(12)10(2)19-22-16/h8-9,11,20H,3-7H2,1-2H3,(H,17,21). The maximum absolute atomic E-state index is 12.6. The van der Waals surface area contributed by atoms with E-state index in [1.807, 2.05) is 19.9 Å². The van der Waals surface area contributed by atoms with Gasteiger partial charge in [-0.25, -0.2) is 4.98 Å². The molecule has 1 amide bonds. The SMILES string of the molecule is Cc1noc2nc(C3CC3)cc(C(=O)NC(C)CCCO)c12. The number of carbonyl (C=O) groups is 1. The van der Waals surface area contributed by atoms with Crippen molar-refractivity contribution in [2.45, 2.75) is 51.5 Å². The number of nitrogens with zero attached hydrogens (tertiary/aromatic N) is 2. The number of nitrogens with one attached hydrogen (secondary N) is 1. The van der Waals surface area contributed by atoms with Gasteiger partial charge in [0.1, 0.15) is 0 Å². The van der Waals surface area contributed by atoms with Crippen molar-refractivity contribution >= 4 is 17.0 Å². The summed E-state index contributed by atoms with van der Waals surface area (Å²) in [5.74, 6) is 0.305. The monoisotopic (exact) mass is 303 g/mol. The summed E-state index contributed by atoms with van der Waals surface area (Å²) in [7, 11) is 0. The van der Waals surface area contributed by atoms with Gasteiger partial charge in [-0.1, -0.05) is 5.16 Å². The van der Waals surface area contributed by atoms with Gasteiger partial charge < -0.3 is 14.9 Å². The van der Waals surface area contributed by atoms with Gasteiger partial charge in [0, 0.05) is 24.3 Å². The molecule has 2 aromatic heterocycles. The molecule has 22 heavy (non-hydrogen) atoms. The van der Waals surface area contributed by atoms with Gasteiger partial charge in [0.05, 0.1) is 16.6 Å². The molecule has 3 rings (SSSR count). The largest absolute Gasteiger partial charge is 0.396 e. The predicted molar refractivity (Wildman–Crippen MR) is 81.8 cm³/mol. The normalized spacial score (nSPS) is 16.0. The van der Waals surface area contributed by atoms with Crippen LogP contribution in [0.1, 0.15) is 60.3 Å². The molecule has 1 unspecified atom stereocenters. The highest BCUT2D eigenvalue weighted by Gasteiger charge is 2.28. The molecule has 1 saturated carbocycles. The van der Waals surface area contributed by atoms with Crippen molar-refractivity contribution in [3.05, 3.63) is 23.0 Å². The molecule has 2 heterocycles. The highest BCUT2D eigenvalue weighted by Crippen LogP contribution is 2.40. The van der Waals surface area contributed by atoms with Crippen LogP contribution in [-0.4, -0.2) is 33.8 Å². The summed E-state index contributed by atoms with van der Waals surface area (Å²) >= 11 is 0. The van der Waals surface area contributed by atoms with Gasteiger partial charge in [-0.2, -0.15) is 0 Å². The molecule has 6 nitrogen and oxygen atoms in total. The molecule has 1 fully saturated rings. The van der Waals surface area contributed by atoms with E-state index in [9.17, 15) is 4.79 Å². The number of fused-ring (bicyclic) bond motifs is 1. The van der Waals surface area contributed by atoms with Crippen LogP contribution in [0.25, 0.3) is 11.1 Å². The van der Waals surface area contributed by atoms with Crippen LogP contribution in [0.5, 0.6) is 0 Å². The molecule has 0 radical (unpaired) electrons. The first-order chi connectivity index (χ1) is 10.6. The van der Waals surface area contributed by atoms with Gasteiger partial charge in [-0.3, -0.25) is 4.79 Å². The Morgan fingerprint density at radius 3 is 3.00 bits per heavy atom. The molecule has 1 aliphatic rings. The molecule has 0 saturated heterocycles. The lowest BCUT2D eigenvalue weighted by Gasteiger charge is -2.14. The fraction of sp³-hybridized carbons (Fsp3) is 0.562. The molecule has 2 N–H and O–H groups in total. The predicted octanol–water partition coefficient (Wildman–Crippen LogP) is 2.30. The van der Waals surface area contributed by atoms with Gasteiger partial charge in [0.2, 0.25) is 0 Å². The Balaban J connectivity index is 1.90. The van der Waals surface area contributed by atoms with Crippen LogP contribution in [0.2, 0.25) is 0 Å². The van der Waals surface area contributed by atoms with Crippen molar-refractivity contribution in [3.8, 4) is 0 Å². The van der Waals surface area contributed by atoms with Gasteiger partial charge in [-0.05, 0) is 45.6 Å². The van der Waals surface area contributed by atoms with E-state index in [2.05, 4.69) is 15.5 Å². The molecular weight excluding hydrogens is 282 g/mol. The van der Waals surface area contributed by atoms with Crippen LogP contribution in [-0.2, 0) is 0 Å². The van der Waals surface area contributed by atoms with Crippen molar-refractivity contribution in [2.24, 2.45) is 0 Å². The number of aromatic nitrogens is 2. The fourth-order valence-electron chi connectivity index (χ4n) is 2.65. The molecule has 0 spiro atoms. The Hall–Kier alpha value is -1.95. The third-order valence-corrected chi connectivity index (χ3v) is 4.05. The van der Waals surface area contributed by atoms with Crippen molar-refractivity contribution in [2.75, 3.05) is 6.61 Å². The van der Waals surface area contributed by atoms with Crippen LogP contribution in [0.15, 0.2) is 10.6 Å². The van der Waals surface area contributed by atoms with E-state index >= 15 is 0 Å². The molecule has 0 aromatic carbocycles. The van der Waals surface area contributed by atoms with E-state index in [0.717, 1.165) is 25.0 Å². The van der Waals surface area contributed by atoms with Gasteiger partial charge >= 0.3 is 0 Å². The molecule has 0 bridgehead atoms. The second kappa shape index (κ2) is 6.04. The highest BCUT2D eigenvalue weighted by atomic mass is 16.5. The van der Waals surface area contributed by atoms with E-state index in [1.165, 1.54) is 0 Å². The summed E-state index contributed by atoms with van der Waals surface area (Å²) in [5.41, 5.74) is 2.62. The van der Waals surface area contributed by atoms with Gasteiger partial charge in [-0.15, -0.1) is 0 Å². The third kappa shape index (κ3) is 2.97. The van der Waals surface area contributed by atoms with Crippen molar-refractivity contribution in [1.29, 1.82) is 0 Å². The number of carbonyl (C=O) groups excluding carboxylic acids is 1. The maximum atomic E-state index is 12.6. The summed E-state index contributed by atoms with van der Waals surface area (Å²) in [6, 6.07) is 1.88. The molecule has 1 atom stereocenters. The van der Waals surface area contributed by atoms with Crippen LogP contribution >= 0.6 is 0 Å². The van der Waals surface area contributed by atoms with E-state index in [0.29, 0.717) is 34.7 Å². The fourth-order valence-corrected chi connectivity index (χ4v) is 2.65. The van der Waals surface area contributed by atoms with E-state index < -0.39 is 0 Å². The Morgan fingerprint density at radius 1 is 1.55 bits per heavy atom. The van der Waals surface area contributed by atoms with E-state index in [1.54, 1.807) is 0 Å². The van der Waals surface area contributed by atoms with Gasteiger partial charge in [0.25, 0.3) is 11.6 Å². The first kappa shape index (κ1) is 15.0. The lowest BCUT2D eigenvalue weighted by molar-refractivity contribution is 0.0938. The Labute approximate surface area is 128 Å². The zero-order chi connectivity index (χ0) is 15.7. The minimum atomic E-state index is -0.133. The number of pyridine rings is 1. The van der Waals surface area contributed by atoms with Crippen LogP contribution in [0.4, 0.5) is 0 Å². The number of aliphatic hydroxyl groups excluding tert-OH is 1. The average molecular weight is 303 g/mol. The number of hydrogen-bond donors (Lipinski definition) is 2. The highest BCUT2D eigenvalue weighted by molar-refractivity contribution is 6.06. The summed E-state index contributed by atoms with van der Waals surface area (Å²) in [6.45, 7) is 3.89. The number of aryl methyl sites for hydroxylation is 1. The van der Waals surface area contributed by atoms with Gasteiger partial charge in [0.15, 0.2) is 0 Å². The Morgan fingerprint density at radius 2 is 2.32 bits per heavy atom. The van der Waals surface area contributed by atoms with Crippen molar-refractivity contribution < 1.29 is 14.4 Å². The van der Waals surface area contributed by atoms with Crippen LogP contribution in [0, 0.1) is 6.92 Å². The molecule has 118 valence electrons. The summed E-state index contributed by atoms with van der Waals surface area (Å²) < 4.78 is 5.25. The molecule has 6 heteroatoms. The lowest BCUT2D eigenvalue weighted by atomic mass is 10.1. The molecule has 0 aliphatic heterocycles. The summed E-state index contributed by atoms with van der Waals surface area (Å²) in [4.78, 5) is 17.1. The smallest absolute Gasteiger partial charge is 0.259 e. The third-order valence-electron chi connectivity index (χ3n) is 4.05. The van der Waals surface area contributed by atoms with Crippen LogP contribution < -0.4 is 5.32 Å². The van der Waals surface area contributed by atoms with Crippen molar-refractivity contribution in [1.82, 2.24) is 15.5 Å². The second-order valence-corrected chi connectivity index (χ2v) is 6.06.